The van der Waals surface area contributed by atoms with Crippen LogP contribution in [0.15, 0.2) is 29.2 Å². The highest BCUT2D eigenvalue weighted by Crippen LogP contribution is 2.26. The van der Waals surface area contributed by atoms with E-state index in [1.807, 2.05) is 25.1 Å². The Morgan fingerprint density at radius 1 is 1.32 bits per heavy atom. The Morgan fingerprint density at radius 3 is 2.74 bits per heavy atom. The first-order valence-electron chi connectivity index (χ1n) is 6.08. The highest BCUT2D eigenvalue weighted by molar-refractivity contribution is 8.00. The summed E-state index contributed by atoms with van der Waals surface area (Å²) in [6.07, 6.45) is 1.90. The molecule has 0 saturated carbocycles. The summed E-state index contributed by atoms with van der Waals surface area (Å²) in [4.78, 5) is 23.7. The molecule has 6 heteroatoms. The number of amides is 3. The molecule has 0 radical (unpaired) electrons. The van der Waals surface area contributed by atoms with Gasteiger partial charge in [-0.25, -0.2) is 4.79 Å². The van der Waals surface area contributed by atoms with E-state index in [1.165, 1.54) is 11.8 Å². The fourth-order valence-corrected chi connectivity index (χ4v) is 2.33. The maximum atomic E-state index is 11.5. The monoisotopic (exact) mass is 300 g/mol. The van der Waals surface area contributed by atoms with Gasteiger partial charge in [-0.15, -0.1) is 11.8 Å². The Labute approximate surface area is 122 Å². The second-order valence-electron chi connectivity index (χ2n) is 3.88. The molecule has 0 atom stereocenters. The van der Waals surface area contributed by atoms with Gasteiger partial charge in [0.15, 0.2) is 0 Å². The molecule has 0 aromatic heterocycles. The molecule has 104 valence electrons. The number of unbranched alkanes of at least 4 members (excludes halogenated alkanes) is 1. The number of urea groups is 1. The van der Waals surface area contributed by atoms with Gasteiger partial charge in [0.05, 0.1) is 10.8 Å². The first-order valence-corrected chi connectivity index (χ1v) is 7.45. The first kappa shape index (κ1) is 15.9. The fourth-order valence-electron chi connectivity index (χ4n) is 1.29. The van der Waals surface area contributed by atoms with Crippen LogP contribution in [0.2, 0.25) is 5.02 Å². The molecule has 0 aliphatic heterocycles. The first-order chi connectivity index (χ1) is 9.13. The zero-order valence-electron chi connectivity index (χ0n) is 10.7. The van der Waals surface area contributed by atoms with E-state index in [9.17, 15) is 9.59 Å². The Kier molecular flexibility index (Phi) is 7.36. The maximum Gasteiger partial charge on any atom is 0.321 e. The second kappa shape index (κ2) is 8.82. The maximum absolute atomic E-state index is 11.5. The van der Waals surface area contributed by atoms with Crippen molar-refractivity contribution in [2.45, 2.75) is 24.7 Å². The zero-order valence-corrected chi connectivity index (χ0v) is 12.3. The van der Waals surface area contributed by atoms with Gasteiger partial charge in [-0.2, -0.15) is 0 Å². The number of hydrogen-bond donors (Lipinski definition) is 2. The summed E-state index contributed by atoms with van der Waals surface area (Å²) < 4.78 is 0. The van der Waals surface area contributed by atoms with Crippen molar-refractivity contribution in [2.24, 2.45) is 0 Å². The predicted molar refractivity (Wildman–Crippen MR) is 78.6 cm³/mol. The summed E-state index contributed by atoms with van der Waals surface area (Å²) >= 11 is 7.27. The van der Waals surface area contributed by atoms with Crippen LogP contribution in [-0.4, -0.2) is 24.2 Å². The van der Waals surface area contributed by atoms with Gasteiger partial charge in [-0.3, -0.25) is 10.1 Å². The van der Waals surface area contributed by atoms with Crippen LogP contribution in [0.3, 0.4) is 0 Å². The van der Waals surface area contributed by atoms with E-state index in [0.717, 1.165) is 17.7 Å². The largest absolute Gasteiger partial charge is 0.338 e. The quantitative estimate of drug-likeness (QED) is 0.627. The predicted octanol–water partition coefficient (Wildman–Crippen LogP) is 3.06. The van der Waals surface area contributed by atoms with Crippen LogP contribution >= 0.6 is 23.4 Å². The second-order valence-corrected chi connectivity index (χ2v) is 5.30. The molecule has 2 N–H and O–H groups in total. The third-order valence-corrected chi connectivity index (χ3v) is 3.78. The standard InChI is InChI=1S/C13H17ClN2O2S/c1-2-3-8-15-13(18)16-12(17)9-19-11-7-5-4-6-10(11)14/h4-7H,2-3,8-9H2,1H3,(H2,15,16,17,18). The van der Waals surface area contributed by atoms with Crippen LogP contribution in [0.5, 0.6) is 0 Å². The van der Waals surface area contributed by atoms with E-state index >= 15 is 0 Å². The summed E-state index contributed by atoms with van der Waals surface area (Å²) in [6, 6.07) is 6.83. The highest BCUT2D eigenvalue weighted by Gasteiger charge is 2.08. The van der Waals surface area contributed by atoms with Crippen molar-refractivity contribution >= 4 is 35.3 Å². The molecule has 3 amide bonds. The summed E-state index contributed by atoms with van der Waals surface area (Å²) in [5.74, 6) is -0.177. The van der Waals surface area contributed by atoms with Gasteiger partial charge in [0.1, 0.15) is 0 Å². The van der Waals surface area contributed by atoms with Crippen LogP contribution in [0.4, 0.5) is 4.79 Å². The number of thioether (sulfide) groups is 1. The molecule has 0 unspecified atom stereocenters. The lowest BCUT2D eigenvalue weighted by atomic mass is 10.3. The van der Waals surface area contributed by atoms with Gasteiger partial charge in [-0.1, -0.05) is 37.1 Å². The smallest absolute Gasteiger partial charge is 0.321 e. The molecule has 4 nitrogen and oxygen atoms in total. The highest BCUT2D eigenvalue weighted by atomic mass is 35.5. The number of imide groups is 1. The molecule has 0 heterocycles. The number of carbonyl (C=O) groups is 2. The van der Waals surface area contributed by atoms with Crippen molar-refractivity contribution < 1.29 is 9.59 Å². The van der Waals surface area contributed by atoms with E-state index in [2.05, 4.69) is 10.6 Å². The lowest BCUT2D eigenvalue weighted by Crippen LogP contribution is -2.40. The van der Waals surface area contributed by atoms with Gasteiger partial charge in [0.2, 0.25) is 5.91 Å². The molecule has 0 spiro atoms. The minimum atomic E-state index is -0.446. The summed E-state index contributed by atoms with van der Waals surface area (Å²) in [7, 11) is 0. The summed E-state index contributed by atoms with van der Waals surface area (Å²) in [5, 5.41) is 5.50. The minimum absolute atomic E-state index is 0.158. The van der Waals surface area contributed by atoms with Gasteiger partial charge < -0.3 is 5.32 Å². The topological polar surface area (TPSA) is 58.2 Å². The third kappa shape index (κ3) is 6.50. The molecular formula is C13H17ClN2O2S. The number of benzene rings is 1. The molecule has 0 fully saturated rings. The molecular weight excluding hydrogens is 284 g/mol. The van der Waals surface area contributed by atoms with Crippen molar-refractivity contribution in [3.05, 3.63) is 29.3 Å². The lowest BCUT2D eigenvalue weighted by Gasteiger charge is -2.06. The van der Waals surface area contributed by atoms with E-state index in [1.54, 1.807) is 6.07 Å². The molecule has 0 aliphatic carbocycles. The summed E-state index contributed by atoms with van der Waals surface area (Å²) in [6.45, 7) is 2.61. The SMILES string of the molecule is CCCCNC(=O)NC(=O)CSc1ccccc1Cl. The van der Waals surface area contributed by atoms with E-state index in [4.69, 9.17) is 11.6 Å². The number of carbonyl (C=O) groups excluding carboxylic acids is 2. The Morgan fingerprint density at radius 2 is 2.05 bits per heavy atom. The molecule has 0 bridgehead atoms. The minimum Gasteiger partial charge on any atom is -0.338 e. The van der Waals surface area contributed by atoms with E-state index in [-0.39, 0.29) is 11.7 Å². The van der Waals surface area contributed by atoms with E-state index < -0.39 is 6.03 Å². The Bertz CT molecular complexity index is 440. The average molecular weight is 301 g/mol. The van der Waals surface area contributed by atoms with Crippen molar-refractivity contribution in [3.8, 4) is 0 Å². The number of rotatable bonds is 6. The van der Waals surface area contributed by atoms with Crippen LogP contribution in [0.1, 0.15) is 19.8 Å². The molecule has 0 saturated heterocycles. The van der Waals surface area contributed by atoms with Crippen LogP contribution in [-0.2, 0) is 4.79 Å². The third-order valence-electron chi connectivity index (χ3n) is 2.26. The van der Waals surface area contributed by atoms with Gasteiger partial charge in [0.25, 0.3) is 0 Å². The molecule has 1 aromatic rings. The van der Waals surface area contributed by atoms with Crippen molar-refractivity contribution in [1.82, 2.24) is 10.6 Å². The lowest BCUT2D eigenvalue weighted by molar-refractivity contribution is -0.117. The number of hydrogen-bond acceptors (Lipinski definition) is 3. The normalized spacial score (nSPS) is 10.0. The molecule has 1 rings (SSSR count). The number of nitrogens with one attached hydrogen (secondary N) is 2. The van der Waals surface area contributed by atoms with Gasteiger partial charge >= 0.3 is 6.03 Å². The van der Waals surface area contributed by atoms with Crippen LogP contribution in [0, 0.1) is 0 Å². The van der Waals surface area contributed by atoms with Crippen molar-refractivity contribution in [2.75, 3.05) is 12.3 Å². The van der Waals surface area contributed by atoms with Crippen molar-refractivity contribution in [3.63, 3.8) is 0 Å². The van der Waals surface area contributed by atoms with E-state index in [0.29, 0.717) is 11.6 Å². The van der Waals surface area contributed by atoms with Gasteiger partial charge in [-0.05, 0) is 18.6 Å². The molecule has 1 aromatic carbocycles. The van der Waals surface area contributed by atoms with Crippen molar-refractivity contribution in [1.29, 1.82) is 0 Å². The van der Waals surface area contributed by atoms with Crippen LogP contribution in [0.25, 0.3) is 0 Å². The van der Waals surface area contributed by atoms with Crippen LogP contribution < -0.4 is 10.6 Å². The average Bonchev–Trinajstić information content (AvgIpc) is 2.38. The van der Waals surface area contributed by atoms with Gasteiger partial charge in [0, 0.05) is 11.4 Å². The molecule has 19 heavy (non-hydrogen) atoms. The fraction of sp³-hybridized carbons (Fsp3) is 0.385. The molecule has 0 aliphatic rings. The number of halogens is 1. The summed E-state index contributed by atoms with van der Waals surface area (Å²) in [5.41, 5.74) is 0. The zero-order chi connectivity index (χ0) is 14.1. The Hall–Kier alpha value is -1.20. The Balaban J connectivity index is 2.28.